The summed E-state index contributed by atoms with van der Waals surface area (Å²) in [5, 5.41) is 9.24. The summed E-state index contributed by atoms with van der Waals surface area (Å²) in [4.78, 5) is 10.9. The molecule has 0 aromatic rings. The molecule has 0 saturated heterocycles. The summed E-state index contributed by atoms with van der Waals surface area (Å²) in [5.41, 5.74) is -0.536. The molecule has 0 aliphatic rings. The first-order valence-electron chi connectivity index (χ1n) is 3.56. The van der Waals surface area contributed by atoms with Crippen LogP contribution in [0.25, 0.3) is 0 Å². The van der Waals surface area contributed by atoms with Crippen LogP contribution in [-0.2, 0) is 4.74 Å². The smallest absolute Gasteiger partial charge is 0.413 e. The fraction of sp³-hybridized carbons (Fsp3) is 0.500. The minimum absolute atomic E-state index is 0.0655. The SMILES string of the molecule is C=CC(=N)NC(=O)OC(C)(C)C. The molecular formula is C8H14N2O2. The van der Waals surface area contributed by atoms with Crippen LogP contribution in [0.5, 0.6) is 0 Å². The monoisotopic (exact) mass is 170 g/mol. The number of ether oxygens (including phenoxy) is 1. The lowest BCUT2D eigenvalue weighted by atomic mass is 10.2. The van der Waals surface area contributed by atoms with Gasteiger partial charge in [0.2, 0.25) is 0 Å². The van der Waals surface area contributed by atoms with E-state index in [0.717, 1.165) is 0 Å². The van der Waals surface area contributed by atoms with Crippen LogP contribution in [0.4, 0.5) is 4.79 Å². The quantitative estimate of drug-likeness (QED) is 0.464. The molecule has 0 aromatic carbocycles. The highest BCUT2D eigenvalue weighted by molar-refractivity contribution is 6.00. The predicted molar refractivity (Wildman–Crippen MR) is 47.3 cm³/mol. The third-order valence-corrected chi connectivity index (χ3v) is 0.840. The van der Waals surface area contributed by atoms with Gasteiger partial charge in [-0.1, -0.05) is 6.58 Å². The molecule has 0 radical (unpaired) electrons. The lowest BCUT2D eigenvalue weighted by molar-refractivity contribution is 0.0563. The van der Waals surface area contributed by atoms with Crippen molar-refractivity contribution in [1.29, 1.82) is 5.41 Å². The maximum absolute atomic E-state index is 10.9. The average molecular weight is 170 g/mol. The van der Waals surface area contributed by atoms with Crippen LogP contribution in [-0.4, -0.2) is 17.5 Å². The van der Waals surface area contributed by atoms with E-state index in [4.69, 9.17) is 10.1 Å². The van der Waals surface area contributed by atoms with Crippen molar-refractivity contribution in [2.75, 3.05) is 0 Å². The third-order valence-electron chi connectivity index (χ3n) is 0.840. The molecule has 0 fully saturated rings. The molecular weight excluding hydrogens is 156 g/mol. The molecule has 0 bridgehead atoms. The van der Waals surface area contributed by atoms with Crippen molar-refractivity contribution >= 4 is 11.9 Å². The van der Waals surface area contributed by atoms with Crippen LogP contribution in [0.3, 0.4) is 0 Å². The molecule has 0 saturated carbocycles. The molecule has 0 rings (SSSR count). The number of carbonyl (C=O) groups excluding carboxylic acids is 1. The lowest BCUT2D eigenvalue weighted by Gasteiger charge is -2.19. The zero-order valence-corrected chi connectivity index (χ0v) is 7.60. The van der Waals surface area contributed by atoms with Gasteiger partial charge in [0.05, 0.1) is 0 Å². The number of amides is 1. The summed E-state index contributed by atoms with van der Waals surface area (Å²) in [6, 6.07) is 0. The number of alkyl carbamates (subject to hydrolysis) is 1. The summed E-state index contributed by atoms with van der Waals surface area (Å²) in [6.45, 7) is 8.58. The van der Waals surface area contributed by atoms with E-state index in [9.17, 15) is 4.79 Å². The fourth-order valence-electron chi connectivity index (χ4n) is 0.465. The van der Waals surface area contributed by atoms with E-state index in [0.29, 0.717) is 0 Å². The molecule has 12 heavy (non-hydrogen) atoms. The van der Waals surface area contributed by atoms with E-state index >= 15 is 0 Å². The first-order valence-corrected chi connectivity index (χ1v) is 3.56. The van der Waals surface area contributed by atoms with Gasteiger partial charge in [-0.05, 0) is 26.8 Å². The van der Waals surface area contributed by atoms with Gasteiger partial charge >= 0.3 is 6.09 Å². The Morgan fingerprint density at radius 1 is 1.58 bits per heavy atom. The van der Waals surface area contributed by atoms with Gasteiger partial charge in [0.15, 0.2) is 0 Å². The molecule has 1 amide bonds. The summed E-state index contributed by atoms with van der Waals surface area (Å²) >= 11 is 0. The largest absolute Gasteiger partial charge is 0.444 e. The Labute approximate surface area is 72.1 Å². The van der Waals surface area contributed by atoms with E-state index in [2.05, 4.69) is 11.9 Å². The molecule has 0 aliphatic carbocycles. The van der Waals surface area contributed by atoms with Crippen LogP contribution in [0.1, 0.15) is 20.8 Å². The van der Waals surface area contributed by atoms with Crippen molar-refractivity contribution < 1.29 is 9.53 Å². The number of hydrogen-bond acceptors (Lipinski definition) is 3. The molecule has 4 heteroatoms. The first-order chi connectivity index (χ1) is 5.35. The molecule has 0 unspecified atom stereocenters. The Kier molecular flexibility index (Phi) is 3.47. The van der Waals surface area contributed by atoms with Gasteiger partial charge in [-0.25, -0.2) is 4.79 Å². The number of carbonyl (C=O) groups is 1. The highest BCUT2D eigenvalue weighted by atomic mass is 16.6. The van der Waals surface area contributed by atoms with Crippen molar-refractivity contribution in [3.05, 3.63) is 12.7 Å². The summed E-state index contributed by atoms with van der Waals surface area (Å²) in [7, 11) is 0. The Morgan fingerprint density at radius 3 is 2.42 bits per heavy atom. The van der Waals surface area contributed by atoms with E-state index in [-0.39, 0.29) is 5.84 Å². The second-order valence-corrected chi connectivity index (χ2v) is 3.24. The Balaban J connectivity index is 3.91. The van der Waals surface area contributed by atoms with Gasteiger partial charge < -0.3 is 4.74 Å². The number of rotatable bonds is 1. The maximum atomic E-state index is 10.9. The van der Waals surface area contributed by atoms with Crippen LogP contribution >= 0.6 is 0 Å². The molecule has 68 valence electrons. The minimum Gasteiger partial charge on any atom is -0.444 e. The van der Waals surface area contributed by atoms with Gasteiger partial charge in [-0.2, -0.15) is 0 Å². The van der Waals surface area contributed by atoms with Gasteiger partial charge in [-0.15, -0.1) is 0 Å². The van der Waals surface area contributed by atoms with Gasteiger partial charge in [0.1, 0.15) is 11.4 Å². The second-order valence-electron chi connectivity index (χ2n) is 3.24. The van der Waals surface area contributed by atoms with Crippen molar-refractivity contribution in [1.82, 2.24) is 5.32 Å². The van der Waals surface area contributed by atoms with Crippen LogP contribution in [0.15, 0.2) is 12.7 Å². The third kappa shape index (κ3) is 5.46. The van der Waals surface area contributed by atoms with Crippen LogP contribution in [0.2, 0.25) is 0 Å². The topological polar surface area (TPSA) is 62.2 Å². The van der Waals surface area contributed by atoms with Crippen molar-refractivity contribution in [3.8, 4) is 0 Å². The van der Waals surface area contributed by atoms with E-state index in [1.807, 2.05) is 0 Å². The van der Waals surface area contributed by atoms with Crippen LogP contribution in [0, 0.1) is 5.41 Å². The van der Waals surface area contributed by atoms with E-state index in [1.54, 1.807) is 20.8 Å². The lowest BCUT2D eigenvalue weighted by Crippen LogP contribution is -2.35. The maximum Gasteiger partial charge on any atom is 0.413 e. The number of amidine groups is 1. The van der Waals surface area contributed by atoms with E-state index < -0.39 is 11.7 Å². The average Bonchev–Trinajstić information content (AvgIpc) is 1.82. The highest BCUT2D eigenvalue weighted by Gasteiger charge is 2.15. The molecule has 0 spiro atoms. The summed E-state index contributed by atoms with van der Waals surface area (Å²) < 4.78 is 4.87. The second kappa shape index (κ2) is 3.90. The van der Waals surface area contributed by atoms with Crippen LogP contribution < -0.4 is 5.32 Å². The Bertz CT molecular complexity index is 204. The highest BCUT2D eigenvalue weighted by Crippen LogP contribution is 2.06. The molecule has 0 aromatic heterocycles. The standard InChI is InChI=1S/C8H14N2O2/c1-5-6(9)10-7(11)12-8(2,3)4/h5H,1H2,2-4H3,(H2,9,10,11). The molecule has 4 nitrogen and oxygen atoms in total. The Hall–Kier alpha value is -1.32. The normalized spacial score (nSPS) is 10.2. The van der Waals surface area contributed by atoms with Crippen molar-refractivity contribution in [3.63, 3.8) is 0 Å². The van der Waals surface area contributed by atoms with Crippen molar-refractivity contribution in [2.45, 2.75) is 26.4 Å². The predicted octanol–water partition coefficient (Wildman–Crippen LogP) is 1.67. The summed E-state index contributed by atoms with van der Waals surface area (Å²) in [5.74, 6) is -0.0655. The van der Waals surface area contributed by atoms with Gasteiger partial charge in [-0.3, -0.25) is 10.7 Å². The Morgan fingerprint density at radius 2 is 2.08 bits per heavy atom. The minimum atomic E-state index is -0.632. The fourth-order valence-corrected chi connectivity index (χ4v) is 0.465. The van der Waals surface area contributed by atoms with E-state index in [1.165, 1.54) is 6.08 Å². The van der Waals surface area contributed by atoms with Crippen molar-refractivity contribution in [2.24, 2.45) is 0 Å². The zero-order valence-electron chi connectivity index (χ0n) is 7.60. The number of hydrogen-bond donors (Lipinski definition) is 2. The molecule has 0 atom stereocenters. The summed E-state index contributed by atoms with van der Waals surface area (Å²) in [6.07, 6.45) is 0.594. The first kappa shape index (κ1) is 10.7. The molecule has 2 N–H and O–H groups in total. The molecule has 0 heterocycles. The molecule has 0 aliphatic heterocycles. The number of nitrogens with one attached hydrogen (secondary N) is 2. The van der Waals surface area contributed by atoms with Gasteiger partial charge in [0.25, 0.3) is 0 Å². The zero-order chi connectivity index (χ0) is 9.78. The van der Waals surface area contributed by atoms with Gasteiger partial charge in [0, 0.05) is 0 Å².